The summed E-state index contributed by atoms with van der Waals surface area (Å²) in [5, 5.41) is 30.3. The number of unbranched alkanes of at least 4 members (excludes halogenated alkanes) is 13. The van der Waals surface area contributed by atoms with E-state index in [-0.39, 0.29) is 19.6 Å². The van der Waals surface area contributed by atoms with Crippen LogP contribution in [0.15, 0.2) is 12.2 Å². The number of aliphatic hydroxyl groups excluding tert-OH is 3. The Morgan fingerprint density at radius 1 is 0.822 bits per heavy atom. The molecule has 266 valence electrons. The summed E-state index contributed by atoms with van der Waals surface area (Å²) in [6.07, 6.45) is 13.1. The van der Waals surface area contributed by atoms with E-state index in [4.69, 9.17) is 23.5 Å². The number of carbonyl (C=O) groups is 1. The molecular weight excluding hydrogens is 608 g/mol. The van der Waals surface area contributed by atoms with E-state index in [2.05, 4.69) is 30.2 Å². The normalized spacial score (nSPS) is 23.0. The molecule has 12 nitrogen and oxygen atoms in total. The minimum atomic E-state index is -5.04. The third kappa shape index (κ3) is 20.6. The van der Waals surface area contributed by atoms with Crippen LogP contribution >= 0.6 is 0 Å². The van der Waals surface area contributed by atoms with Crippen LogP contribution in [0.5, 0.6) is 0 Å². The van der Waals surface area contributed by atoms with Gasteiger partial charge in [-0.2, -0.15) is 8.42 Å². The summed E-state index contributed by atoms with van der Waals surface area (Å²) in [5.41, 5.74) is 0. The van der Waals surface area contributed by atoms with Gasteiger partial charge in [-0.15, -0.1) is 0 Å². The van der Waals surface area contributed by atoms with E-state index in [0.717, 1.165) is 51.4 Å². The lowest BCUT2D eigenvalue weighted by atomic mass is 9.99. The number of hydrogen-bond donors (Lipinski definition) is 4. The molecule has 0 aromatic heterocycles. The third-order valence-electron chi connectivity index (χ3n) is 7.64. The highest BCUT2D eigenvalue weighted by atomic mass is 32.3. The number of allylic oxidation sites excluding steroid dienone is 2. The van der Waals surface area contributed by atoms with Crippen molar-refractivity contribution < 1.29 is 56.2 Å². The molecular formula is C32H60O12S. The fourth-order valence-corrected chi connectivity index (χ4v) is 5.53. The maximum atomic E-state index is 12.5. The molecule has 13 heteroatoms. The highest BCUT2D eigenvalue weighted by Crippen LogP contribution is 2.26. The van der Waals surface area contributed by atoms with Gasteiger partial charge in [0.15, 0.2) is 6.29 Å². The summed E-state index contributed by atoms with van der Waals surface area (Å²) in [5.74, 6) is -0.416. The molecule has 6 atom stereocenters. The Morgan fingerprint density at radius 3 is 2.04 bits per heavy atom. The first-order chi connectivity index (χ1) is 21.6. The lowest BCUT2D eigenvalue weighted by Gasteiger charge is -2.41. The second-order valence-electron chi connectivity index (χ2n) is 11.8. The fourth-order valence-electron chi connectivity index (χ4n) is 5.02. The number of aliphatic hydroxyl groups is 3. The van der Waals surface area contributed by atoms with E-state index in [9.17, 15) is 28.5 Å². The number of ether oxygens (including phenoxy) is 4. The van der Waals surface area contributed by atoms with Gasteiger partial charge in [-0.25, -0.2) is 4.18 Å². The second kappa shape index (κ2) is 25.9. The maximum absolute atomic E-state index is 12.5. The van der Waals surface area contributed by atoms with Gasteiger partial charge in [0.2, 0.25) is 0 Å². The molecule has 0 bridgehead atoms. The van der Waals surface area contributed by atoms with Crippen LogP contribution in [-0.4, -0.2) is 97.5 Å². The van der Waals surface area contributed by atoms with Crippen molar-refractivity contribution in [3.8, 4) is 0 Å². The standard InChI is InChI=1S/C32H60O12S/c1-3-5-7-9-10-11-12-13-14-15-16-18-20-22-40-24-26(42-28(34)21-19-17-8-6-4-2)25-41-32-30(36)31(44-45(37,38)39)29(35)27(23-33)43-32/h10-11,26-27,29-33,35-36H,3-9,12-25H2,1-2H3,(H,37,38,39)/b11-10-. The van der Waals surface area contributed by atoms with Gasteiger partial charge < -0.3 is 34.3 Å². The second-order valence-corrected chi connectivity index (χ2v) is 12.8. The lowest BCUT2D eigenvalue weighted by Crippen LogP contribution is -2.60. The Bertz CT molecular complexity index is 868. The van der Waals surface area contributed by atoms with Gasteiger partial charge in [0.05, 0.1) is 19.8 Å². The molecule has 6 unspecified atom stereocenters. The molecule has 45 heavy (non-hydrogen) atoms. The molecule has 0 aliphatic carbocycles. The van der Waals surface area contributed by atoms with Crippen molar-refractivity contribution >= 4 is 16.4 Å². The van der Waals surface area contributed by atoms with Crippen LogP contribution in [0, 0.1) is 0 Å². The van der Waals surface area contributed by atoms with E-state index in [1.54, 1.807) is 0 Å². The SMILES string of the molecule is CCCCC/C=C\CCCCCCCCOCC(COC1OC(CO)C(O)C(OS(=O)(=O)O)C1O)OC(=O)CCCCCCC. The summed E-state index contributed by atoms with van der Waals surface area (Å²) < 4.78 is 58.3. The molecule has 0 aromatic rings. The summed E-state index contributed by atoms with van der Waals surface area (Å²) >= 11 is 0. The third-order valence-corrected chi connectivity index (χ3v) is 8.10. The van der Waals surface area contributed by atoms with Crippen LogP contribution in [0.1, 0.15) is 123 Å². The van der Waals surface area contributed by atoms with Crippen LogP contribution in [0.2, 0.25) is 0 Å². The van der Waals surface area contributed by atoms with Crippen molar-refractivity contribution in [2.45, 2.75) is 160 Å². The molecule has 0 amide bonds. The largest absolute Gasteiger partial charge is 0.457 e. The zero-order valence-corrected chi connectivity index (χ0v) is 28.2. The number of carbonyl (C=O) groups excluding carboxylic acids is 1. The van der Waals surface area contributed by atoms with Gasteiger partial charge in [0.1, 0.15) is 30.5 Å². The average Bonchev–Trinajstić information content (AvgIpc) is 3.00. The van der Waals surface area contributed by atoms with Crippen molar-refractivity contribution in [2.24, 2.45) is 0 Å². The first-order valence-corrected chi connectivity index (χ1v) is 18.3. The topological polar surface area (TPSA) is 178 Å². The predicted molar refractivity (Wildman–Crippen MR) is 170 cm³/mol. The molecule has 1 aliphatic rings. The molecule has 0 aromatic carbocycles. The fraction of sp³-hybridized carbons (Fsp3) is 0.906. The number of hydrogen-bond acceptors (Lipinski definition) is 11. The minimum Gasteiger partial charge on any atom is -0.457 e. The Morgan fingerprint density at radius 2 is 1.40 bits per heavy atom. The van der Waals surface area contributed by atoms with Gasteiger partial charge in [0.25, 0.3) is 0 Å². The van der Waals surface area contributed by atoms with Crippen LogP contribution in [-0.2, 0) is 38.3 Å². The summed E-state index contributed by atoms with van der Waals surface area (Å²) in [6, 6.07) is 0. The van der Waals surface area contributed by atoms with Gasteiger partial charge >= 0.3 is 16.4 Å². The van der Waals surface area contributed by atoms with E-state index in [1.807, 2.05) is 0 Å². The molecule has 0 radical (unpaired) electrons. The summed E-state index contributed by atoms with van der Waals surface area (Å²) in [6.45, 7) is 3.82. The Kier molecular flexibility index (Phi) is 24.1. The van der Waals surface area contributed by atoms with Crippen molar-refractivity contribution in [1.82, 2.24) is 0 Å². The molecule has 1 heterocycles. The highest BCUT2D eigenvalue weighted by molar-refractivity contribution is 7.80. The maximum Gasteiger partial charge on any atom is 0.397 e. The van der Waals surface area contributed by atoms with Gasteiger partial charge in [-0.05, 0) is 38.5 Å². The molecule has 1 rings (SSSR count). The lowest BCUT2D eigenvalue weighted by molar-refractivity contribution is -0.301. The molecule has 0 spiro atoms. The van der Waals surface area contributed by atoms with Crippen LogP contribution in [0.4, 0.5) is 0 Å². The zero-order chi connectivity index (χ0) is 33.3. The zero-order valence-electron chi connectivity index (χ0n) is 27.4. The number of esters is 1. The van der Waals surface area contributed by atoms with Gasteiger partial charge in [0, 0.05) is 13.0 Å². The highest BCUT2D eigenvalue weighted by Gasteiger charge is 2.48. The first-order valence-electron chi connectivity index (χ1n) is 16.9. The van der Waals surface area contributed by atoms with Gasteiger partial charge in [-0.1, -0.05) is 90.2 Å². The predicted octanol–water partition coefficient (Wildman–Crippen LogP) is 4.79. The van der Waals surface area contributed by atoms with Crippen molar-refractivity contribution in [1.29, 1.82) is 0 Å². The molecule has 4 N–H and O–H groups in total. The summed E-state index contributed by atoms with van der Waals surface area (Å²) in [4.78, 5) is 12.5. The Hall–Kier alpha value is -1.16. The monoisotopic (exact) mass is 668 g/mol. The first kappa shape index (κ1) is 41.9. The molecule has 0 saturated carbocycles. The van der Waals surface area contributed by atoms with E-state index < -0.39 is 59.8 Å². The van der Waals surface area contributed by atoms with E-state index in [0.29, 0.717) is 13.0 Å². The average molecular weight is 669 g/mol. The smallest absolute Gasteiger partial charge is 0.397 e. The molecule has 1 saturated heterocycles. The van der Waals surface area contributed by atoms with E-state index in [1.165, 1.54) is 44.9 Å². The van der Waals surface area contributed by atoms with Crippen LogP contribution in [0.3, 0.4) is 0 Å². The summed E-state index contributed by atoms with van der Waals surface area (Å²) in [7, 11) is -5.04. The van der Waals surface area contributed by atoms with Gasteiger partial charge in [-0.3, -0.25) is 9.35 Å². The quantitative estimate of drug-likeness (QED) is 0.0389. The van der Waals surface area contributed by atoms with Crippen molar-refractivity contribution in [3.05, 3.63) is 12.2 Å². The van der Waals surface area contributed by atoms with E-state index >= 15 is 0 Å². The van der Waals surface area contributed by atoms with Crippen LogP contribution < -0.4 is 0 Å². The molecule has 1 fully saturated rings. The number of rotatable bonds is 28. The Balaban J connectivity index is 2.51. The molecule has 1 aliphatic heterocycles. The minimum absolute atomic E-state index is 0.0337. The van der Waals surface area contributed by atoms with Crippen molar-refractivity contribution in [2.75, 3.05) is 26.4 Å². The van der Waals surface area contributed by atoms with Crippen molar-refractivity contribution in [3.63, 3.8) is 0 Å². The van der Waals surface area contributed by atoms with Crippen LogP contribution in [0.25, 0.3) is 0 Å². The Labute approximate surface area is 270 Å².